The Morgan fingerprint density at radius 3 is 3.23 bits per heavy atom. The monoisotopic (exact) mass is 315 g/mol. The second-order valence-electron chi connectivity index (χ2n) is 6.32. The van der Waals surface area contributed by atoms with Crippen LogP contribution in [0.1, 0.15) is 17.7 Å². The summed E-state index contributed by atoms with van der Waals surface area (Å²) in [5, 5.41) is 5.70. The molecule has 2 aliphatic heterocycles. The Morgan fingerprint density at radius 1 is 1.41 bits per heavy atom. The first-order valence-corrected chi connectivity index (χ1v) is 8.75. The SMILES string of the molecule is c1cncc(N[C@H]2CO[C@]3(CCN(Cc4cccs4)C3)C2)c1. The van der Waals surface area contributed by atoms with Gasteiger partial charge in [-0.2, -0.15) is 0 Å². The summed E-state index contributed by atoms with van der Waals surface area (Å²) in [4.78, 5) is 8.13. The molecule has 22 heavy (non-hydrogen) atoms. The molecule has 2 aromatic rings. The van der Waals surface area contributed by atoms with Crippen LogP contribution in [0.3, 0.4) is 0 Å². The molecular weight excluding hydrogens is 294 g/mol. The van der Waals surface area contributed by atoms with Crippen molar-refractivity contribution in [3.05, 3.63) is 46.9 Å². The van der Waals surface area contributed by atoms with Crippen molar-refractivity contribution in [2.75, 3.05) is 25.0 Å². The highest BCUT2D eigenvalue weighted by Crippen LogP contribution is 2.36. The summed E-state index contributed by atoms with van der Waals surface area (Å²) >= 11 is 1.84. The van der Waals surface area contributed by atoms with Crippen LogP contribution in [-0.4, -0.2) is 41.2 Å². The molecule has 2 atom stereocenters. The summed E-state index contributed by atoms with van der Waals surface area (Å²) in [6, 6.07) is 8.77. The normalized spacial score (nSPS) is 28.5. The Balaban J connectivity index is 1.34. The average molecular weight is 315 g/mol. The summed E-state index contributed by atoms with van der Waals surface area (Å²) < 4.78 is 6.21. The minimum atomic E-state index is 0.0527. The highest BCUT2D eigenvalue weighted by molar-refractivity contribution is 7.09. The molecule has 1 N–H and O–H groups in total. The zero-order chi connectivity index (χ0) is 14.8. The zero-order valence-corrected chi connectivity index (χ0v) is 13.4. The van der Waals surface area contributed by atoms with Gasteiger partial charge < -0.3 is 10.1 Å². The fourth-order valence-corrected chi connectivity index (χ4v) is 4.34. The number of pyridine rings is 1. The van der Waals surface area contributed by atoms with E-state index in [2.05, 4.69) is 38.8 Å². The predicted octanol–water partition coefficient (Wildman–Crippen LogP) is 2.99. The number of hydrogen-bond donors (Lipinski definition) is 1. The molecule has 1 spiro atoms. The van der Waals surface area contributed by atoms with Crippen molar-refractivity contribution >= 4 is 17.0 Å². The van der Waals surface area contributed by atoms with E-state index in [1.807, 2.05) is 23.6 Å². The van der Waals surface area contributed by atoms with Crippen LogP contribution in [0.2, 0.25) is 0 Å². The van der Waals surface area contributed by atoms with Gasteiger partial charge in [0.2, 0.25) is 0 Å². The number of likely N-dealkylation sites (tertiary alicyclic amines) is 1. The molecule has 0 bridgehead atoms. The van der Waals surface area contributed by atoms with Crippen molar-refractivity contribution < 1.29 is 4.74 Å². The van der Waals surface area contributed by atoms with Crippen LogP contribution < -0.4 is 5.32 Å². The van der Waals surface area contributed by atoms with Gasteiger partial charge in [-0.25, -0.2) is 0 Å². The average Bonchev–Trinajstić information content (AvgIpc) is 3.25. The maximum absolute atomic E-state index is 6.21. The lowest BCUT2D eigenvalue weighted by molar-refractivity contribution is 0.0120. The van der Waals surface area contributed by atoms with Gasteiger partial charge >= 0.3 is 0 Å². The highest BCUT2D eigenvalue weighted by atomic mass is 32.1. The maximum Gasteiger partial charge on any atom is 0.0842 e. The second kappa shape index (κ2) is 5.99. The first-order chi connectivity index (χ1) is 10.8. The third kappa shape index (κ3) is 3.02. The van der Waals surface area contributed by atoms with Gasteiger partial charge in [0.1, 0.15) is 0 Å². The fraction of sp³-hybridized carbons (Fsp3) is 0.471. The van der Waals surface area contributed by atoms with E-state index >= 15 is 0 Å². The van der Waals surface area contributed by atoms with Crippen molar-refractivity contribution in [3.8, 4) is 0 Å². The van der Waals surface area contributed by atoms with E-state index < -0.39 is 0 Å². The lowest BCUT2D eigenvalue weighted by atomic mass is 9.97. The molecule has 0 aromatic carbocycles. The molecule has 0 saturated carbocycles. The lowest BCUT2D eigenvalue weighted by Gasteiger charge is -2.23. The Bertz CT molecular complexity index is 604. The minimum Gasteiger partial charge on any atom is -0.379 e. The molecule has 4 heterocycles. The summed E-state index contributed by atoms with van der Waals surface area (Å²) in [5.41, 5.74) is 1.14. The van der Waals surface area contributed by atoms with Crippen LogP contribution >= 0.6 is 11.3 Å². The molecule has 5 heteroatoms. The zero-order valence-electron chi connectivity index (χ0n) is 12.6. The topological polar surface area (TPSA) is 37.4 Å². The van der Waals surface area contributed by atoms with Gasteiger partial charge in [0.25, 0.3) is 0 Å². The quantitative estimate of drug-likeness (QED) is 0.941. The fourth-order valence-electron chi connectivity index (χ4n) is 3.59. The van der Waals surface area contributed by atoms with Crippen LogP contribution in [0.4, 0.5) is 5.69 Å². The Morgan fingerprint density at radius 2 is 2.41 bits per heavy atom. The molecule has 4 nitrogen and oxygen atoms in total. The number of nitrogens with zero attached hydrogens (tertiary/aromatic N) is 2. The molecule has 2 fully saturated rings. The van der Waals surface area contributed by atoms with Crippen LogP contribution in [0.25, 0.3) is 0 Å². The maximum atomic E-state index is 6.21. The molecule has 2 aromatic heterocycles. The first-order valence-electron chi connectivity index (χ1n) is 7.87. The molecule has 4 rings (SSSR count). The van der Waals surface area contributed by atoms with Crippen molar-refractivity contribution in [1.82, 2.24) is 9.88 Å². The summed E-state index contributed by atoms with van der Waals surface area (Å²) in [7, 11) is 0. The van der Waals surface area contributed by atoms with E-state index in [-0.39, 0.29) is 5.60 Å². The van der Waals surface area contributed by atoms with E-state index in [1.54, 1.807) is 6.20 Å². The van der Waals surface area contributed by atoms with Gasteiger partial charge in [-0.05, 0) is 30.0 Å². The van der Waals surface area contributed by atoms with E-state index in [9.17, 15) is 0 Å². The summed E-state index contributed by atoms with van der Waals surface area (Å²) in [6.07, 6.45) is 5.91. The number of ether oxygens (including phenoxy) is 1. The van der Waals surface area contributed by atoms with Crippen molar-refractivity contribution in [2.24, 2.45) is 0 Å². The third-order valence-electron chi connectivity index (χ3n) is 4.60. The number of thiophene rings is 1. The predicted molar refractivity (Wildman–Crippen MR) is 89.2 cm³/mol. The van der Waals surface area contributed by atoms with Crippen LogP contribution in [0.15, 0.2) is 42.0 Å². The largest absolute Gasteiger partial charge is 0.379 e. The van der Waals surface area contributed by atoms with Crippen LogP contribution in [-0.2, 0) is 11.3 Å². The van der Waals surface area contributed by atoms with Gasteiger partial charge in [-0.3, -0.25) is 9.88 Å². The molecule has 2 aliphatic rings. The third-order valence-corrected chi connectivity index (χ3v) is 5.46. The van der Waals surface area contributed by atoms with Gasteiger partial charge in [-0.15, -0.1) is 11.3 Å². The number of nitrogens with one attached hydrogen (secondary N) is 1. The number of aromatic nitrogens is 1. The van der Waals surface area contributed by atoms with E-state index in [4.69, 9.17) is 4.74 Å². The highest BCUT2D eigenvalue weighted by Gasteiger charge is 2.45. The first kappa shape index (κ1) is 14.2. The van der Waals surface area contributed by atoms with Gasteiger partial charge in [0.05, 0.1) is 23.9 Å². The van der Waals surface area contributed by atoms with Crippen molar-refractivity contribution in [1.29, 1.82) is 0 Å². The standard InChI is InChI=1S/C17H21N3OS/c1-3-14(10-18-6-1)19-15-9-17(21-12-15)5-7-20(13-17)11-16-4-2-8-22-16/h1-4,6,8,10,15,19H,5,7,9,11-13H2/t15-,17-/m1/s1. The molecule has 2 saturated heterocycles. The summed E-state index contributed by atoms with van der Waals surface area (Å²) in [6.45, 7) is 4.04. The Labute approximate surface area is 135 Å². The molecular formula is C17H21N3OS. The molecule has 0 unspecified atom stereocenters. The van der Waals surface area contributed by atoms with Gasteiger partial charge in [-0.1, -0.05) is 6.07 Å². The van der Waals surface area contributed by atoms with E-state index in [1.165, 1.54) is 4.88 Å². The number of hydrogen-bond acceptors (Lipinski definition) is 5. The molecule has 0 radical (unpaired) electrons. The number of anilines is 1. The van der Waals surface area contributed by atoms with Crippen LogP contribution in [0, 0.1) is 0 Å². The second-order valence-corrected chi connectivity index (χ2v) is 7.35. The minimum absolute atomic E-state index is 0.0527. The van der Waals surface area contributed by atoms with Crippen molar-refractivity contribution in [3.63, 3.8) is 0 Å². The molecule has 116 valence electrons. The Hall–Kier alpha value is -1.43. The van der Waals surface area contributed by atoms with E-state index in [0.717, 1.165) is 44.8 Å². The number of rotatable bonds is 4. The van der Waals surface area contributed by atoms with Gasteiger partial charge in [0, 0.05) is 43.3 Å². The molecule has 0 amide bonds. The van der Waals surface area contributed by atoms with E-state index in [0.29, 0.717) is 6.04 Å². The molecule has 0 aliphatic carbocycles. The Kier molecular flexibility index (Phi) is 3.86. The lowest BCUT2D eigenvalue weighted by Crippen LogP contribution is -2.33. The van der Waals surface area contributed by atoms with Gasteiger partial charge in [0.15, 0.2) is 0 Å². The summed E-state index contributed by atoms with van der Waals surface area (Å²) in [5.74, 6) is 0. The van der Waals surface area contributed by atoms with Crippen LogP contribution in [0.5, 0.6) is 0 Å². The smallest absolute Gasteiger partial charge is 0.0842 e. The van der Waals surface area contributed by atoms with Crippen molar-refractivity contribution in [2.45, 2.75) is 31.0 Å².